The van der Waals surface area contributed by atoms with E-state index in [1.807, 2.05) is 6.07 Å². The molecule has 3 heterocycles. The van der Waals surface area contributed by atoms with Crippen molar-refractivity contribution >= 4 is 37.8 Å². The Morgan fingerprint density at radius 2 is 1.88 bits per heavy atom. The molecule has 33 heavy (non-hydrogen) atoms. The van der Waals surface area contributed by atoms with Gasteiger partial charge in [0.2, 0.25) is 15.7 Å². The number of hydrogen-bond acceptors (Lipinski definition) is 5. The Morgan fingerprint density at radius 3 is 2.61 bits per heavy atom. The van der Waals surface area contributed by atoms with Gasteiger partial charge in [-0.25, -0.2) is 18.4 Å². The smallest absolute Gasteiger partial charge is 0.226 e. The van der Waals surface area contributed by atoms with E-state index < -0.39 is 9.84 Å². The number of aromatic nitrogens is 4. The molecule has 8 nitrogen and oxygen atoms in total. The van der Waals surface area contributed by atoms with E-state index in [9.17, 15) is 13.2 Å². The fourth-order valence-corrected chi connectivity index (χ4v) is 6.19. The second kappa shape index (κ2) is 8.62. The van der Waals surface area contributed by atoms with Crippen LogP contribution in [0.3, 0.4) is 0 Å². The Morgan fingerprint density at radius 1 is 1.12 bits per heavy atom. The zero-order valence-corrected chi connectivity index (χ0v) is 19.4. The normalized spacial score (nSPS) is 15.3. The summed E-state index contributed by atoms with van der Waals surface area (Å²) in [7, 11) is -3.88. The predicted octanol–water partition coefficient (Wildman–Crippen LogP) is 3.93. The maximum Gasteiger partial charge on any atom is 0.226 e. The summed E-state index contributed by atoms with van der Waals surface area (Å²) in [6.45, 7) is 1.93. The molecule has 1 aromatic carbocycles. The lowest BCUT2D eigenvalue weighted by atomic mass is 9.95. The van der Waals surface area contributed by atoms with E-state index in [0.29, 0.717) is 24.1 Å². The number of hydrogen-bond donors (Lipinski definition) is 2. The Kier molecular flexibility index (Phi) is 5.65. The molecule has 2 N–H and O–H groups in total. The number of H-pyrrole nitrogens is 1. The van der Waals surface area contributed by atoms with Crippen molar-refractivity contribution in [2.75, 3.05) is 6.54 Å². The number of fused-ring (bicyclic) bond motifs is 3. The lowest BCUT2D eigenvalue weighted by Gasteiger charge is -2.26. The third-order valence-electron chi connectivity index (χ3n) is 6.35. The zero-order valence-electron chi connectivity index (χ0n) is 18.5. The molecule has 5 rings (SSSR count). The molecule has 0 bridgehead atoms. The van der Waals surface area contributed by atoms with Crippen LogP contribution in [0.1, 0.15) is 50.9 Å². The van der Waals surface area contributed by atoms with Crippen LogP contribution in [0.2, 0.25) is 0 Å². The van der Waals surface area contributed by atoms with Gasteiger partial charge in [-0.15, -0.1) is 0 Å². The molecular formula is C24H27N5O3S. The topological polar surface area (TPSA) is 110 Å². The summed E-state index contributed by atoms with van der Waals surface area (Å²) in [6, 6.07) is 10.5. The molecule has 1 fully saturated rings. The van der Waals surface area contributed by atoms with Crippen LogP contribution in [0, 0.1) is 0 Å². The molecule has 1 saturated carbocycles. The number of rotatable bonds is 6. The highest BCUT2D eigenvalue weighted by atomic mass is 32.2. The summed E-state index contributed by atoms with van der Waals surface area (Å²) in [5.41, 5.74) is 1.73. The van der Waals surface area contributed by atoms with Crippen LogP contribution in [0.15, 0.2) is 52.5 Å². The van der Waals surface area contributed by atoms with Gasteiger partial charge in [-0.1, -0.05) is 37.5 Å². The van der Waals surface area contributed by atoms with Gasteiger partial charge in [-0.05, 0) is 31.0 Å². The number of nitrogens with one attached hydrogen (secondary N) is 2. The highest BCUT2D eigenvalue weighted by Gasteiger charge is 2.30. The first-order chi connectivity index (χ1) is 16.0. The van der Waals surface area contributed by atoms with Gasteiger partial charge in [-0.3, -0.25) is 4.79 Å². The second-order valence-corrected chi connectivity index (χ2v) is 10.5. The van der Waals surface area contributed by atoms with Crippen molar-refractivity contribution in [1.29, 1.82) is 0 Å². The number of carbonyl (C=O) groups is 1. The number of benzene rings is 1. The molecule has 1 aliphatic rings. The molecular weight excluding hydrogens is 438 g/mol. The summed E-state index contributed by atoms with van der Waals surface area (Å²) < 4.78 is 29.5. The van der Waals surface area contributed by atoms with Crippen molar-refractivity contribution in [2.45, 2.75) is 61.4 Å². The van der Waals surface area contributed by atoms with E-state index in [1.165, 1.54) is 13.3 Å². The monoisotopic (exact) mass is 465 g/mol. The van der Waals surface area contributed by atoms with Crippen molar-refractivity contribution in [3.05, 3.63) is 48.4 Å². The van der Waals surface area contributed by atoms with Gasteiger partial charge >= 0.3 is 0 Å². The summed E-state index contributed by atoms with van der Waals surface area (Å²) in [6.07, 6.45) is 7.81. The van der Waals surface area contributed by atoms with Gasteiger partial charge in [0.1, 0.15) is 17.0 Å². The molecule has 4 aromatic rings. The number of pyridine rings is 1. The van der Waals surface area contributed by atoms with Crippen molar-refractivity contribution in [3.8, 4) is 0 Å². The lowest BCUT2D eigenvalue weighted by Crippen LogP contribution is -2.24. The largest absolute Gasteiger partial charge is 0.356 e. The van der Waals surface area contributed by atoms with Gasteiger partial charge in [0.15, 0.2) is 5.03 Å². The van der Waals surface area contributed by atoms with E-state index in [-0.39, 0.29) is 21.9 Å². The molecule has 0 saturated heterocycles. The summed E-state index contributed by atoms with van der Waals surface area (Å²) >= 11 is 0. The van der Waals surface area contributed by atoms with Crippen LogP contribution >= 0.6 is 0 Å². The number of amides is 1. The van der Waals surface area contributed by atoms with Crippen LogP contribution in [0.5, 0.6) is 0 Å². The minimum absolute atomic E-state index is 0.0333. The Labute approximate surface area is 192 Å². The van der Waals surface area contributed by atoms with Crippen molar-refractivity contribution < 1.29 is 13.2 Å². The molecule has 172 valence electrons. The van der Waals surface area contributed by atoms with Crippen LogP contribution in [-0.2, 0) is 21.1 Å². The van der Waals surface area contributed by atoms with Gasteiger partial charge in [0.25, 0.3) is 0 Å². The van der Waals surface area contributed by atoms with Crippen molar-refractivity contribution in [2.24, 2.45) is 0 Å². The standard InChI is InChI=1S/C24H27N5O3S/c1-16(30)25-15-13-20-27-21-22(29(20)17-8-4-2-5-9-17)19-12-14-26-23(19)28-24(21)33(31,32)18-10-6-3-7-11-18/h3,6-7,10-12,14,17H,2,4-5,8-9,13,15H2,1H3,(H,25,30)(H,26,28). The minimum Gasteiger partial charge on any atom is -0.356 e. The van der Waals surface area contributed by atoms with Crippen LogP contribution in [0.25, 0.3) is 22.1 Å². The lowest BCUT2D eigenvalue weighted by molar-refractivity contribution is -0.118. The van der Waals surface area contributed by atoms with Crippen LogP contribution in [0.4, 0.5) is 0 Å². The van der Waals surface area contributed by atoms with E-state index in [0.717, 1.165) is 42.4 Å². The van der Waals surface area contributed by atoms with E-state index in [2.05, 4.69) is 19.9 Å². The van der Waals surface area contributed by atoms with Gasteiger partial charge in [0.05, 0.1) is 10.4 Å². The van der Waals surface area contributed by atoms with Crippen LogP contribution in [-0.4, -0.2) is 40.4 Å². The number of imidazole rings is 1. The highest BCUT2D eigenvalue weighted by molar-refractivity contribution is 7.91. The Balaban J connectivity index is 1.77. The Bertz CT molecular complexity index is 1420. The third-order valence-corrected chi connectivity index (χ3v) is 8.04. The quantitative estimate of drug-likeness (QED) is 0.448. The van der Waals surface area contributed by atoms with Crippen molar-refractivity contribution in [3.63, 3.8) is 0 Å². The average Bonchev–Trinajstić information content (AvgIpc) is 3.43. The molecule has 1 amide bonds. The summed E-state index contributed by atoms with van der Waals surface area (Å²) in [4.78, 5) is 24.1. The molecule has 3 aromatic heterocycles. The summed E-state index contributed by atoms with van der Waals surface area (Å²) in [5, 5.41) is 3.67. The number of sulfone groups is 1. The fourth-order valence-electron chi connectivity index (χ4n) is 4.84. The van der Waals surface area contributed by atoms with E-state index in [1.54, 1.807) is 36.5 Å². The van der Waals surface area contributed by atoms with E-state index in [4.69, 9.17) is 4.98 Å². The SMILES string of the molecule is CC(=O)NCCc1nc2c(S(=O)(=O)c3ccccc3)nc3[nH]ccc3c2n1C1CCCCC1. The maximum atomic E-state index is 13.6. The average molecular weight is 466 g/mol. The Hall–Kier alpha value is -3.20. The fraction of sp³-hybridized carbons (Fsp3) is 0.375. The first-order valence-electron chi connectivity index (χ1n) is 11.4. The van der Waals surface area contributed by atoms with Gasteiger partial charge < -0.3 is 14.9 Å². The first-order valence-corrected chi connectivity index (χ1v) is 12.9. The predicted molar refractivity (Wildman–Crippen MR) is 126 cm³/mol. The molecule has 0 spiro atoms. The second-order valence-electron chi connectivity index (χ2n) is 8.59. The molecule has 0 aliphatic heterocycles. The maximum absolute atomic E-state index is 13.6. The zero-order chi connectivity index (χ0) is 23.0. The molecule has 0 radical (unpaired) electrons. The molecule has 1 aliphatic carbocycles. The van der Waals surface area contributed by atoms with Crippen molar-refractivity contribution in [1.82, 2.24) is 24.8 Å². The minimum atomic E-state index is -3.88. The number of aromatic amines is 1. The first kappa shape index (κ1) is 21.6. The summed E-state index contributed by atoms with van der Waals surface area (Å²) in [5.74, 6) is 0.683. The van der Waals surface area contributed by atoms with Gasteiger partial charge in [0, 0.05) is 37.5 Å². The molecule has 0 unspecified atom stereocenters. The number of carbonyl (C=O) groups excluding carboxylic acids is 1. The molecule has 9 heteroatoms. The van der Waals surface area contributed by atoms with E-state index >= 15 is 0 Å². The van der Waals surface area contributed by atoms with Gasteiger partial charge in [-0.2, -0.15) is 0 Å². The third kappa shape index (κ3) is 3.90. The number of nitrogens with zero attached hydrogens (tertiary/aromatic N) is 3. The van der Waals surface area contributed by atoms with Crippen LogP contribution < -0.4 is 5.32 Å². The highest BCUT2D eigenvalue weighted by Crippen LogP contribution is 2.38. The molecule has 0 atom stereocenters.